The summed E-state index contributed by atoms with van der Waals surface area (Å²) < 4.78 is 12.8. The van der Waals surface area contributed by atoms with Gasteiger partial charge < -0.3 is 5.32 Å². The van der Waals surface area contributed by atoms with Crippen molar-refractivity contribution < 1.29 is 4.39 Å². The summed E-state index contributed by atoms with van der Waals surface area (Å²) in [4.78, 5) is 0. The van der Waals surface area contributed by atoms with Crippen LogP contribution in [0.5, 0.6) is 0 Å². The number of hydrogen-bond acceptors (Lipinski definition) is 2. The second-order valence-corrected chi connectivity index (χ2v) is 5.53. The predicted molar refractivity (Wildman–Crippen MR) is 84.4 cm³/mol. The van der Waals surface area contributed by atoms with Gasteiger partial charge >= 0.3 is 0 Å². The number of hydrazone groups is 1. The number of benzene rings is 1. The van der Waals surface area contributed by atoms with E-state index >= 15 is 0 Å². The highest BCUT2D eigenvalue weighted by atomic mass is 32.1. The van der Waals surface area contributed by atoms with Gasteiger partial charge in [0.25, 0.3) is 0 Å². The summed E-state index contributed by atoms with van der Waals surface area (Å²) in [6.07, 6.45) is 6.18. The maximum atomic E-state index is 12.8. The molecule has 1 aliphatic rings. The molecule has 108 valence electrons. The quantitative estimate of drug-likeness (QED) is 0.510. The van der Waals surface area contributed by atoms with Crippen molar-refractivity contribution in [2.24, 2.45) is 5.10 Å². The lowest BCUT2D eigenvalue weighted by atomic mass is 9.96. The molecule has 0 unspecified atom stereocenters. The SMILES string of the molecule is C/C(=N\NC(=S)NC1CCCCC1)c1ccc(F)cc1. The van der Waals surface area contributed by atoms with E-state index in [1.165, 1.54) is 44.2 Å². The minimum atomic E-state index is -0.246. The minimum Gasteiger partial charge on any atom is -0.359 e. The van der Waals surface area contributed by atoms with Crippen LogP contribution in [0.1, 0.15) is 44.6 Å². The van der Waals surface area contributed by atoms with Crippen LogP contribution in [-0.4, -0.2) is 16.9 Å². The number of hydrogen-bond donors (Lipinski definition) is 2. The van der Waals surface area contributed by atoms with Crippen LogP contribution in [0, 0.1) is 5.82 Å². The van der Waals surface area contributed by atoms with Crippen molar-refractivity contribution in [3.05, 3.63) is 35.6 Å². The summed E-state index contributed by atoms with van der Waals surface area (Å²) >= 11 is 5.23. The minimum absolute atomic E-state index is 0.246. The van der Waals surface area contributed by atoms with Crippen LogP contribution >= 0.6 is 12.2 Å². The predicted octanol–water partition coefficient (Wildman–Crippen LogP) is 3.35. The summed E-state index contributed by atoms with van der Waals surface area (Å²) in [5.41, 5.74) is 4.51. The molecule has 0 atom stereocenters. The molecule has 0 heterocycles. The highest BCUT2D eigenvalue weighted by molar-refractivity contribution is 7.80. The van der Waals surface area contributed by atoms with Crippen LogP contribution in [0.3, 0.4) is 0 Å². The van der Waals surface area contributed by atoms with Gasteiger partial charge in [0.1, 0.15) is 5.82 Å². The second kappa shape index (κ2) is 7.33. The molecule has 2 rings (SSSR count). The molecule has 1 aromatic carbocycles. The second-order valence-electron chi connectivity index (χ2n) is 5.12. The van der Waals surface area contributed by atoms with Gasteiger partial charge in [0.15, 0.2) is 5.11 Å². The highest BCUT2D eigenvalue weighted by Crippen LogP contribution is 2.17. The molecule has 1 saturated carbocycles. The molecule has 0 spiro atoms. The van der Waals surface area contributed by atoms with E-state index in [9.17, 15) is 4.39 Å². The maximum absolute atomic E-state index is 12.8. The number of nitrogens with one attached hydrogen (secondary N) is 2. The van der Waals surface area contributed by atoms with Crippen molar-refractivity contribution in [2.75, 3.05) is 0 Å². The van der Waals surface area contributed by atoms with Crippen LogP contribution in [0.2, 0.25) is 0 Å². The van der Waals surface area contributed by atoms with Gasteiger partial charge in [0, 0.05) is 6.04 Å². The number of rotatable bonds is 3. The van der Waals surface area contributed by atoms with Gasteiger partial charge in [0.2, 0.25) is 0 Å². The van der Waals surface area contributed by atoms with E-state index in [1.807, 2.05) is 6.92 Å². The van der Waals surface area contributed by atoms with Crippen molar-refractivity contribution in [3.8, 4) is 0 Å². The van der Waals surface area contributed by atoms with Crippen molar-refractivity contribution in [1.82, 2.24) is 10.7 Å². The summed E-state index contributed by atoms with van der Waals surface area (Å²) in [7, 11) is 0. The molecule has 0 radical (unpaired) electrons. The Hall–Kier alpha value is -1.49. The van der Waals surface area contributed by atoms with E-state index in [4.69, 9.17) is 12.2 Å². The van der Waals surface area contributed by atoms with Crippen LogP contribution in [0.4, 0.5) is 4.39 Å². The van der Waals surface area contributed by atoms with E-state index in [1.54, 1.807) is 12.1 Å². The summed E-state index contributed by atoms with van der Waals surface area (Å²) in [5, 5.41) is 8.07. The maximum Gasteiger partial charge on any atom is 0.187 e. The number of halogens is 1. The Morgan fingerprint density at radius 2 is 1.85 bits per heavy atom. The fraction of sp³-hybridized carbons (Fsp3) is 0.467. The lowest BCUT2D eigenvalue weighted by Gasteiger charge is -2.23. The van der Waals surface area contributed by atoms with E-state index in [2.05, 4.69) is 15.8 Å². The zero-order valence-corrected chi connectivity index (χ0v) is 12.5. The molecule has 1 fully saturated rings. The fourth-order valence-electron chi connectivity index (χ4n) is 2.35. The van der Waals surface area contributed by atoms with Gasteiger partial charge in [-0.3, -0.25) is 5.43 Å². The van der Waals surface area contributed by atoms with Gasteiger partial charge in [-0.15, -0.1) is 0 Å². The van der Waals surface area contributed by atoms with E-state index in [0.29, 0.717) is 11.2 Å². The zero-order valence-electron chi connectivity index (χ0n) is 11.7. The molecule has 3 nitrogen and oxygen atoms in total. The number of nitrogens with zero attached hydrogens (tertiary/aromatic N) is 1. The lowest BCUT2D eigenvalue weighted by Crippen LogP contribution is -2.41. The zero-order chi connectivity index (χ0) is 14.4. The normalized spacial score (nSPS) is 16.8. The molecule has 0 bridgehead atoms. The Morgan fingerprint density at radius 3 is 2.50 bits per heavy atom. The molecule has 20 heavy (non-hydrogen) atoms. The third-order valence-electron chi connectivity index (χ3n) is 3.53. The van der Waals surface area contributed by atoms with Crippen LogP contribution in [0.15, 0.2) is 29.4 Å². The Morgan fingerprint density at radius 1 is 1.20 bits per heavy atom. The monoisotopic (exact) mass is 293 g/mol. The first kappa shape index (κ1) is 14.9. The van der Waals surface area contributed by atoms with Crippen molar-refractivity contribution >= 4 is 23.0 Å². The van der Waals surface area contributed by atoms with Crippen LogP contribution in [-0.2, 0) is 0 Å². The fourth-order valence-corrected chi connectivity index (χ4v) is 2.57. The molecular formula is C15H20FN3S. The average molecular weight is 293 g/mol. The Balaban J connectivity index is 1.84. The standard InChI is InChI=1S/C15H20FN3S/c1-11(12-7-9-13(16)10-8-12)18-19-15(20)17-14-5-3-2-4-6-14/h7-10,14H,2-6H2,1H3,(H2,17,19,20)/b18-11+. The Kier molecular flexibility index (Phi) is 5.47. The largest absolute Gasteiger partial charge is 0.359 e. The molecule has 2 N–H and O–H groups in total. The molecule has 1 aromatic rings. The first-order valence-corrected chi connectivity index (χ1v) is 7.43. The van der Waals surface area contributed by atoms with Gasteiger partial charge in [0.05, 0.1) is 5.71 Å². The third-order valence-corrected chi connectivity index (χ3v) is 3.74. The highest BCUT2D eigenvalue weighted by Gasteiger charge is 2.13. The van der Waals surface area contributed by atoms with Crippen molar-refractivity contribution in [1.29, 1.82) is 0 Å². The van der Waals surface area contributed by atoms with Crippen LogP contribution in [0.25, 0.3) is 0 Å². The molecule has 5 heteroatoms. The molecule has 0 saturated heterocycles. The molecular weight excluding hydrogens is 273 g/mol. The molecule has 0 aromatic heterocycles. The topological polar surface area (TPSA) is 36.4 Å². The Bertz CT molecular complexity index is 478. The first-order valence-electron chi connectivity index (χ1n) is 7.02. The lowest BCUT2D eigenvalue weighted by molar-refractivity contribution is 0.412. The van der Waals surface area contributed by atoms with Gasteiger partial charge in [-0.25, -0.2) is 4.39 Å². The smallest absolute Gasteiger partial charge is 0.187 e. The van der Waals surface area contributed by atoms with Gasteiger partial charge in [-0.05, 0) is 49.7 Å². The van der Waals surface area contributed by atoms with Crippen molar-refractivity contribution in [2.45, 2.75) is 45.1 Å². The summed E-state index contributed by atoms with van der Waals surface area (Å²) in [6, 6.07) is 6.71. The van der Waals surface area contributed by atoms with Gasteiger partial charge in [-0.2, -0.15) is 5.10 Å². The third kappa shape index (κ3) is 4.56. The molecule has 0 amide bonds. The number of thiocarbonyl (C=S) groups is 1. The summed E-state index contributed by atoms with van der Waals surface area (Å²) in [6.45, 7) is 1.86. The van der Waals surface area contributed by atoms with E-state index in [0.717, 1.165) is 11.3 Å². The van der Waals surface area contributed by atoms with Crippen LogP contribution < -0.4 is 10.7 Å². The van der Waals surface area contributed by atoms with E-state index in [-0.39, 0.29) is 5.82 Å². The van der Waals surface area contributed by atoms with E-state index < -0.39 is 0 Å². The van der Waals surface area contributed by atoms with Gasteiger partial charge in [-0.1, -0.05) is 31.4 Å². The average Bonchev–Trinajstić information content (AvgIpc) is 2.46. The van der Waals surface area contributed by atoms with Crippen molar-refractivity contribution in [3.63, 3.8) is 0 Å². The molecule has 0 aliphatic heterocycles. The Labute approximate surface area is 124 Å². The molecule has 1 aliphatic carbocycles. The summed E-state index contributed by atoms with van der Waals surface area (Å²) in [5.74, 6) is -0.246. The first-order chi connectivity index (χ1) is 9.65.